The Balaban J connectivity index is 2.25. The summed E-state index contributed by atoms with van der Waals surface area (Å²) in [5.74, 6) is 1.80. The fraction of sp³-hybridized carbons (Fsp3) is 0.571. The summed E-state index contributed by atoms with van der Waals surface area (Å²) in [4.78, 5) is 0. The Morgan fingerprint density at radius 1 is 1.17 bits per heavy atom. The zero-order valence-electron chi connectivity index (χ0n) is 11.1. The van der Waals surface area contributed by atoms with E-state index in [0.29, 0.717) is 17.4 Å². The molecule has 0 aromatic heterocycles. The summed E-state index contributed by atoms with van der Waals surface area (Å²) in [5, 5.41) is 10.4. The van der Waals surface area contributed by atoms with Crippen LogP contribution in [0.25, 0.3) is 0 Å². The van der Waals surface area contributed by atoms with Gasteiger partial charge in [-0.3, -0.25) is 0 Å². The largest absolute Gasteiger partial charge is 0.497 e. The molecule has 18 heavy (non-hydrogen) atoms. The van der Waals surface area contributed by atoms with Crippen LogP contribution in [0.15, 0.2) is 18.2 Å². The van der Waals surface area contributed by atoms with Crippen molar-refractivity contribution in [2.24, 2.45) is 5.92 Å². The summed E-state index contributed by atoms with van der Waals surface area (Å²) in [6, 6.07) is 5.43. The molecule has 1 aliphatic rings. The molecular weight excluding hydrogens is 232 g/mol. The maximum Gasteiger partial charge on any atom is 0.128 e. The monoisotopic (exact) mass is 252 g/mol. The predicted molar refractivity (Wildman–Crippen MR) is 68.0 cm³/mol. The molecule has 0 radical (unpaired) electrons. The van der Waals surface area contributed by atoms with Gasteiger partial charge in [0, 0.05) is 18.7 Å². The van der Waals surface area contributed by atoms with Gasteiger partial charge >= 0.3 is 0 Å². The summed E-state index contributed by atoms with van der Waals surface area (Å²) in [6.07, 6.45) is 1.41. The quantitative estimate of drug-likeness (QED) is 0.843. The second-order valence-electron chi connectivity index (χ2n) is 4.59. The van der Waals surface area contributed by atoms with Crippen molar-refractivity contribution in [2.75, 3.05) is 21.3 Å². The molecule has 0 saturated heterocycles. The van der Waals surface area contributed by atoms with Crippen LogP contribution < -0.4 is 9.47 Å². The predicted octanol–water partition coefficient (Wildman–Crippen LogP) is 2.16. The van der Waals surface area contributed by atoms with Gasteiger partial charge in [-0.25, -0.2) is 0 Å². The van der Waals surface area contributed by atoms with Gasteiger partial charge in [0.25, 0.3) is 0 Å². The average Bonchev–Trinajstić information content (AvgIpc) is 3.23. The Hall–Kier alpha value is -1.26. The standard InChI is InChI=1S/C14H20O4/c1-16-10-6-7-11(12(8-10)17-2)13(15)14(18-3)9-4-5-9/h6-9,13-15H,4-5H2,1-3H3. The Morgan fingerprint density at radius 2 is 1.89 bits per heavy atom. The van der Waals surface area contributed by atoms with Gasteiger partial charge in [-0.15, -0.1) is 0 Å². The topological polar surface area (TPSA) is 47.9 Å². The first kappa shape index (κ1) is 13.2. The molecule has 0 bridgehead atoms. The Kier molecular flexibility index (Phi) is 4.09. The highest BCUT2D eigenvalue weighted by molar-refractivity contribution is 5.42. The van der Waals surface area contributed by atoms with Gasteiger partial charge in [-0.1, -0.05) is 0 Å². The van der Waals surface area contributed by atoms with Crippen molar-refractivity contribution in [1.29, 1.82) is 0 Å². The third kappa shape index (κ3) is 2.60. The SMILES string of the molecule is COc1ccc(C(O)C(OC)C2CC2)c(OC)c1. The van der Waals surface area contributed by atoms with Gasteiger partial charge in [-0.2, -0.15) is 0 Å². The van der Waals surface area contributed by atoms with Crippen LogP contribution in [0.1, 0.15) is 24.5 Å². The molecule has 2 atom stereocenters. The molecule has 0 aliphatic heterocycles. The van der Waals surface area contributed by atoms with E-state index >= 15 is 0 Å². The van der Waals surface area contributed by atoms with Crippen molar-refractivity contribution in [3.63, 3.8) is 0 Å². The number of methoxy groups -OCH3 is 3. The number of aliphatic hydroxyl groups is 1. The molecule has 0 heterocycles. The molecular formula is C14H20O4. The minimum Gasteiger partial charge on any atom is -0.497 e. The van der Waals surface area contributed by atoms with Crippen LogP contribution in [0.4, 0.5) is 0 Å². The molecule has 0 spiro atoms. The van der Waals surface area contributed by atoms with Crippen LogP contribution in [0, 0.1) is 5.92 Å². The zero-order valence-corrected chi connectivity index (χ0v) is 11.1. The summed E-state index contributed by atoms with van der Waals surface area (Å²) in [5.41, 5.74) is 0.747. The van der Waals surface area contributed by atoms with Crippen molar-refractivity contribution in [3.05, 3.63) is 23.8 Å². The lowest BCUT2D eigenvalue weighted by atomic mass is 10.00. The van der Waals surface area contributed by atoms with Gasteiger partial charge in [0.1, 0.15) is 17.6 Å². The van der Waals surface area contributed by atoms with Gasteiger partial charge in [-0.05, 0) is 30.9 Å². The Labute approximate surface area is 107 Å². The van der Waals surface area contributed by atoms with E-state index < -0.39 is 6.10 Å². The lowest BCUT2D eigenvalue weighted by Crippen LogP contribution is -2.23. The van der Waals surface area contributed by atoms with E-state index in [1.54, 1.807) is 27.4 Å². The molecule has 1 fully saturated rings. The molecule has 1 aromatic carbocycles. The number of hydrogen-bond acceptors (Lipinski definition) is 4. The van der Waals surface area contributed by atoms with Gasteiger partial charge < -0.3 is 19.3 Å². The first-order valence-electron chi connectivity index (χ1n) is 6.14. The maximum atomic E-state index is 10.4. The Morgan fingerprint density at radius 3 is 2.39 bits per heavy atom. The van der Waals surface area contributed by atoms with E-state index in [2.05, 4.69) is 0 Å². The van der Waals surface area contributed by atoms with Crippen LogP contribution >= 0.6 is 0 Å². The number of aliphatic hydroxyl groups excluding tert-OH is 1. The van der Waals surface area contributed by atoms with Crippen LogP contribution in [0.2, 0.25) is 0 Å². The van der Waals surface area contributed by atoms with Crippen molar-refractivity contribution < 1.29 is 19.3 Å². The fourth-order valence-electron chi connectivity index (χ4n) is 2.24. The van der Waals surface area contributed by atoms with E-state index in [-0.39, 0.29) is 6.10 Å². The summed E-state index contributed by atoms with van der Waals surface area (Å²) < 4.78 is 15.9. The highest BCUT2D eigenvalue weighted by Crippen LogP contribution is 2.42. The summed E-state index contributed by atoms with van der Waals surface area (Å²) >= 11 is 0. The summed E-state index contributed by atoms with van der Waals surface area (Å²) in [6.45, 7) is 0. The molecule has 4 nitrogen and oxygen atoms in total. The third-order valence-corrected chi connectivity index (χ3v) is 3.43. The second kappa shape index (κ2) is 5.59. The van der Waals surface area contributed by atoms with Gasteiger partial charge in [0.2, 0.25) is 0 Å². The average molecular weight is 252 g/mol. The number of hydrogen-bond donors (Lipinski definition) is 1. The third-order valence-electron chi connectivity index (χ3n) is 3.43. The van der Waals surface area contributed by atoms with Crippen molar-refractivity contribution in [3.8, 4) is 11.5 Å². The minimum absolute atomic E-state index is 0.160. The number of benzene rings is 1. The molecule has 1 saturated carbocycles. The second-order valence-corrected chi connectivity index (χ2v) is 4.59. The molecule has 4 heteroatoms. The van der Waals surface area contributed by atoms with Gasteiger partial charge in [0.15, 0.2) is 0 Å². The Bertz CT molecular complexity index is 401. The highest BCUT2D eigenvalue weighted by atomic mass is 16.5. The highest BCUT2D eigenvalue weighted by Gasteiger charge is 2.37. The molecule has 1 aromatic rings. The lowest BCUT2D eigenvalue weighted by Gasteiger charge is -2.23. The van der Waals surface area contributed by atoms with E-state index in [1.165, 1.54) is 0 Å². The lowest BCUT2D eigenvalue weighted by molar-refractivity contribution is -0.0268. The van der Waals surface area contributed by atoms with Crippen LogP contribution in [-0.2, 0) is 4.74 Å². The van der Waals surface area contributed by atoms with Crippen molar-refractivity contribution in [1.82, 2.24) is 0 Å². The van der Waals surface area contributed by atoms with E-state index in [9.17, 15) is 5.11 Å². The minimum atomic E-state index is -0.664. The molecule has 0 amide bonds. The molecule has 100 valence electrons. The number of ether oxygens (including phenoxy) is 3. The van der Waals surface area contributed by atoms with E-state index in [4.69, 9.17) is 14.2 Å². The molecule has 1 N–H and O–H groups in total. The maximum absolute atomic E-state index is 10.4. The van der Waals surface area contributed by atoms with Crippen molar-refractivity contribution >= 4 is 0 Å². The summed E-state index contributed by atoms with van der Waals surface area (Å²) in [7, 11) is 4.83. The van der Waals surface area contributed by atoms with Crippen LogP contribution in [0.3, 0.4) is 0 Å². The van der Waals surface area contributed by atoms with Crippen LogP contribution in [0.5, 0.6) is 11.5 Å². The fourth-order valence-corrected chi connectivity index (χ4v) is 2.24. The van der Waals surface area contributed by atoms with Crippen LogP contribution in [-0.4, -0.2) is 32.5 Å². The molecule has 2 rings (SSSR count). The molecule has 2 unspecified atom stereocenters. The van der Waals surface area contributed by atoms with Crippen molar-refractivity contribution in [2.45, 2.75) is 25.0 Å². The van der Waals surface area contributed by atoms with Gasteiger partial charge in [0.05, 0.1) is 20.3 Å². The molecule has 1 aliphatic carbocycles. The first-order valence-corrected chi connectivity index (χ1v) is 6.14. The normalized spacial score (nSPS) is 18.2. The number of rotatable bonds is 6. The van der Waals surface area contributed by atoms with E-state index in [1.807, 2.05) is 12.1 Å². The smallest absolute Gasteiger partial charge is 0.128 e. The first-order chi connectivity index (χ1) is 8.71. The van der Waals surface area contributed by atoms with E-state index in [0.717, 1.165) is 18.4 Å². The zero-order chi connectivity index (χ0) is 13.1.